The maximum absolute atomic E-state index is 11.9. The van der Waals surface area contributed by atoms with Crippen LogP contribution in [0.3, 0.4) is 0 Å². The lowest BCUT2D eigenvalue weighted by atomic mass is 9.85. The molecule has 6 nitrogen and oxygen atoms in total. The van der Waals surface area contributed by atoms with Crippen LogP contribution in [0.2, 0.25) is 5.02 Å². The van der Waals surface area contributed by atoms with Gasteiger partial charge in [0.2, 0.25) is 5.91 Å². The van der Waals surface area contributed by atoms with Gasteiger partial charge in [0.25, 0.3) is 0 Å². The molecule has 32 heavy (non-hydrogen) atoms. The van der Waals surface area contributed by atoms with E-state index in [9.17, 15) is 4.79 Å². The van der Waals surface area contributed by atoms with Gasteiger partial charge in [-0.15, -0.1) is 24.0 Å². The Morgan fingerprint density at radius 2 is 1.94 bits per heavy atom. The minimum absolute atomic E-state index is 0. The Bertz CT molecular complexity index is 743. The number of carbonyl (C=O) groups is 1. The number of nitrogens with one attached hydrogen (secondary N) is 3. The molecule has 0 aromatic heterocycles. The van der Waals surface area contributed by atoms with Crippen LogP contribution in [0.4, 0.5) is 0 Å². The monoisotopic (exact) mass is 575 g/mol. The highest BCUT2D eigenvalue weighted by Gasteiger charge is 2.30. The molecule has 1 heterocycles. The molecule has 2 fully saturated rings. The topological polar surface area (TPSA) is 68.8 Å². The number of guanidine groups is 1. The van der Waals surface area contributed by atoms with Crippen LogP contribution < -0.4 is 16.0 Å². The largest absolute Gasteiger partial charge is 0.357 e. The molecule has 1 aromatic rings. The van der Waals surface area contributed by atoms with Gasteiger partial charge in [-0.25, -0.2) is 0 Å². The summed E-state index contributed by atoms with van der Waals surface area (Å²) in [6.45, 7) is 6.29. The van der Waals surface area contributed by atoms with Crippen molar-refractivity contribution in [3.63, 3.8) is 0 Å². The van der Waals surface area contributed by atoms with Crippen molar-refractivity contribution in [1.29, 1.82) is 0 Å². The molecule has 0 bridgehead atoms. The van der Waals surface area contributed by atoms with Crippen LogP contribution in [0, 0.1) is 11.8 Å². The molecule has 1 amide bonds. The van der Waals surface area contributed by atoms with Gasteiger partial charge >= 0.3 is 0 Å². The zero-order valence-corrected chi connectivity index (χ0v) is 22.5. The maximum Gasteiger partial charge on any atom is 0.223 e. The van der Waals surface area contributed by atoms with Gasteiger partial charge in [-0.1, -0.05) is 30.2 Å². The average Bonchev–Trinajstić information content (AvgIpc) is 2.70. The SMILES string of the molecule is CCNC(=NCC1CCCN(C)C1c1cccc(Cl)c1)NCCCNC(=O)C1CCC1.I. The summed E-state index contributed by atoms with van der Waals surface area (Å²) in [6, 6.07) is 8.57. The Balaban J connectivity index is 0.00000363. The second kappa shape index (κ2) is 14.3. The van der Waals surface area contributed by atoms with Crippen molar-refractivity contribution in [3.05, 3.63) is 34.9 Å². The van der Waals surface area contributed by atoms with Gasteiger partial charge < -0.3 is 16.0 Å². The van der Waals surface area contributed by atoms with E-state index in [0.717, 1.165) is 62.8 Å². The first-order valence-corrected chi connectivity index (χ1v) is 12.2. The molecular weight excluding hydrogens is 537 g/mol. The first-order valence-electron chi connectivity index (χ1n) is 11.8. The molecule has 1 saturated heterocycles. The summed E-state index contributed by atoms with van der Waals surface area (Å²) in [5.74, 6) is 1.79. The third-order valence-corrected chi connectivity index (χ3v) is 6.68. The molecule has 0 radical (unpaired) electrons. The highest BCUT2D eigenvalue weighted by Crippen LogP contribution is 2.36. The minimum atomic E-state index is 0. The van der Waals surface area contributed by atoms with Crippen LogP contribution in [0.1, 0.15) is 57.1 Å². The fourth-order valence-electron chi connectivity index (χ4n) is 4.54. The summed E-state index contributed by atoms with van der Waals surface area (Å²) in [6.07, 6.45) is 6.54. The van der Waals surface area contributed by atoms with Gasteiger partial charge in [0.05, 0.1) is 0 Å². The lowest BCUT2D eigenvalue weighted by molar-refractivity contribution is -0.127. The molecule has 3 N–H and O–H groups in total. The Labute approximate surface area is 215 Å². The second-order valence-electron chi connectivity index (χ2n) is 8.80. The number of carbonyl (C=O) groups excluding carboxylic acids is 1. The van der Waals surface area contributed by atoms with Crippen molar-refractivity contribution in [2.75, 3.05) is 39.8 Å². The molecular formula is C24H39ClIN5O. The molecule has 2 aliphatic rings. The van der Waals surface area contributed by atoms with Crippen molar-refractivity contribution < 1.29 is 4.79 Å². The van der Waals surface area contributed by atoms with Gasteiger partial charge in [0.1, 0.15) is 0 Å². The summed E-state index contributed by atoms with van der Waals surface area (Å²) >= 11 is 6.27. The second-order valence-corrected chi connectivity index (χ2v) is 9.24. The molecule has 1 aliphatic carbocycles. The van der Waals surface area contributed by atoms with Gasteiger partial charge in [-0.2, -0.15) is 0 Å². The van der Waals surface area contributed by atoms with Crippen LogP contribution in [0.5, 0.6) is 0 Å². The van der Waals surface area contributed by atoms with Crippen LogP contribution in [-0.2, 0) is 4.79 Å². The normalized spacial score (nSPS) is 21.9. The summed E-state index contributed by atoms with van der Waals surface area (Å²) in [7, 11) is 2.20. The third-order valence-electron chi connectivity index (χ3n) is 6.45. The van der Waals surface area contributed by atoms with Gasteiger partial charge in [-0.3, -0.25) is 14.7 Å². The van der Waals surface area contributed by atoms with Crippen molar-refractivity contribution in [3.8, 4) is 0 Å². The zero-order chi connectivity index (χ0) is 22.1. The van der Waals surface area contributed by atoms with E-state index < -0.39 is 0 Å². The summed E-state index contributed by atoms with van der Waals surface area (Å²) in [5.41, 5.74) is 1.27. The first kappa shape index (κ1) is 27.2. The van der Waals surface area contributed by atoms with Crippen molar-refractivity contribution >= 4 is 47.4 Å². The van der Waals surface area contributed by atoms with Crippen molar-refractivity contribution in [2.45, 2.75) is 51.5 Å². The number of halogens is 2. The highest BCUT2D eigenvalue weighted by atomic mass is 127. The van der Waals surface area contributed by atoms with E-state index in [1.807, 2.05) is 12.1 Å². The van der Waals surface area contributed by atoms with Gasteiger partial charge in [-0.05, 0) is 76.2 Å². The Kier molecular flexibility index (Phi) is 12.1. The predicted octanol–water partition coefficient (Wildman–Crippen LogP) is 4.20. The van der Waals surface area contributed by atoms with E-state index in [0.29, 0.717) is 18.5 Å². The molecule has 2 atom stereocenters. The quantitative estimate of drug-likeness (QED) is 0.179. The van der Waals surface area contributed by atoms with E-state index in [1.165, 1.54) is 18.4 Å². The number of benzene rings is 1. The molecule has 3 rings (SSSR count). The third kappa shape index (κ3) is 8.06. The number of aliphatic imine (C=N–C) groups is 1. The Morgan fingerprint density at radius 1 is 1.16 bits per heavy atom. The number of amides is 1. The summed E-state index contributed by atoms with van der Waals surface area (Å²) in [4.78, 5) is 19.2. The van der Waals surface area contributed by atoms with E-state index in [1.54, 1.807) is 0 Å². The zero-order valence-electron chi connectivity index (χ0n) is 19.4. The Hall–Kier alpha value is -1.06. The molecule has 8 heteroatoms. The van der Waals surface area contributed by atoms with Crippen LogP contribution in [0.15, 0.2) is 29.3 Å². The van der Waals surface area contributed by atoms with Crippen molar-refractivity contribution in [2.24, 2.45) is 16.8 Å². The standard InChI is InChI=1S/C24H38ClN5O.HI/c1-3-26-24(28-14-7-13-27-23(31)18-8-4-9-18)29-17-20-11-6-15-30(2)22(20)19-10-5-12-21(25)16-19;/h5,10,12,16,18,20,22H,3-4,6-9,11,13-15,17H2,1-2H3,(H,27,31)(H2,26,28,29);1H. The smallest absolute Gasteiger partial charge is 0.223 e. The number of piperidine rings is 1. The minimum Gasteiger partial charge on any atom is -0.357 e. The van der Waals surface area contributed by atoms with Gasteiger partial charge in [0, 0.05) is 43.2 Å². The molecule has 0 spiro atoms. The van der Waals surface area contributed by atoms with Crippen LogP contribution >= 0.6 is 35.6 Å². The lowest BCUT2D eigenvalue weighted by Gasteiger charge is -2.39. The highest BCUT2D eigenvalue weighted by molar-refractivity contribution is 14.0. The number of hydrogen-bond acceptors (Lipinski definition) is 3. The predicted molar refractivity (Wildman–Crippen MR) is 144 cm³/mol. The fourth-order valence-corrected chi connectivity index (χ4v) is 4.74. The van der Waals surface area contributed by atoms with Crippen molar-refractivity contribution in [1.82, 2.24) is 20.9 Å². The lowest BCUT2D eigenvalue weighted by Crippen LogP contribution is -2.41. The molecule has 1 aliphatic heterocycles. The molecule has 1 aromatic carbocycles. The maximum atomic E-state index is 11.9. The van der Waals surface area contributed by atoms with E-state index in [-0.39, 0.29) is 35.8 Å². The van der Waals surface area contributed by atoms with Crippen LogP contribution in [-0.4, -0.2) is 56.5 Å². The molecule has 2 unspecified atom stereocenters. The number of nitrogens with zero attached hydrogens (tertiary/aromatic N) is 2. The summed E-state index contributed by atoms with van der Waals surface area (Å²) in [5, 5.41) is 10.6. The van der Waals surface area contributed by atoms with E-state index in [2.05, 4.69) is 47.0 Å². The van der Waals surface area contributed by atoms with E-state index in [4.69, 9.17) is 16.6 Å². The first-order chi connectivity index (χ1) is 15.1. The number of hydrogen-bond donors (Lipinski definition) is 3. The van der Waals surface area contributed by atoms with Gasteiger partial charge in [0.15, 0.2) is 5.96 Å². The Morgan fingerprint density at radius 3 is 2.62 bits per heavy atom. The van der Waals surface area contributed by atoms with E-state index >= 15 is 0 Å². The number of likely N-dealkylation sites (tertiary alicyclic amines) is 1. The number of rotatable bonds is 9. The summed E-state index contributed by atoms with van der Waals surface area (Å²) < 4.78 is 0. The fraction of sp³-hybridized carbons (Fsp3) is 0.667. The average molecular weight is 576 g/mol. The van der Waals surface area contributed by atoms with Crippen LogP contribution in [0.25, 0.3) is 0 Å². The molecule has 180 valence electrons. The molecule has 1 saturated carbocycles.